The molecule has 1 unspecified atom stereocenters. The van der Waals surface area contributed by atoms with Crippen LogP contribution in [0.1, 0.15) is 11.7 Å². The molecule has 0 radical (unpaired) electrons. The number of methoxy groups -OCH3 is 1. The molecule has 0 fully saturated rings. The van der Waals surface area contributed by atoms with Gasteiger partial charge in [-0.1, -0.05) is 12.1 Å². The smallest absolute Gasteiger partial charge is 0.341 e. The van der Waals surface area contributed by atoms with Crippen LogP contribution in [0.2, 0.25) is 0 Å². The number of hydrogen-bond donors (Lipinski definition) is 1. The van der Waals surface area contributed by atoms with Gasteiger partial charge in [-0.05, 0) is 17.7 Å². The third-order valence-corrected chi connectivity index (χ3v) is 1.72. The Labute approximate surface area is 80.4 Å². The second-order valence-corrected chi connectivity index (χ2v) is 2.59. The summed E-state index contributed by atoms with van der Waals surface area (Å²) in [5.74, 6) is 3.90. The van der Waals surface area contributed by atoms with Gasteiger partial charge in [0.2, 0.25) is 6.10 Å². The quantitative estimate of drug-likeness (QED) is 0.581. The molecule has 4 nitrogen and oxygen atoms in total. The molecule has 0 aliphatic rings. The predicted octanol–water partition coefficient (Wildman–Crippen LogP) is 0.930. The van der Waals surface area contributed by atoms with E-state index in [0.717, 1.165) is 0 Å². The van der Waals surface area contributed by atoms with Gasteiger partial charge >= 0.3 is 5.97 Å². The molecule has 0 saturated carbocycles. The summed E-state index contributed by atoms with van der Waals surface area (Å²) in [5.41, 5.74) is 0.445. The van der Waals surface area contributed by atoms with Crippen molar-refractivity contribution in [2.24, 2.45) is 5.90 Å². The van der Waals surface area contributed by atoms with Gasteiger partial charge in [-0.15, -0.1) is 0 Å². The maximum Gasteiger partial charge on any atom is 0.341 e. The number of ether oxygens (including phenoxy) is 1. The van der Waals surface area contributed by atoms with E-state index in [1.807, 2.05) is 0 Å². The Bertz CT molecular complexity index is 312. The zero-order valence-corrected chi connectivity index (χ0v) is 7.57. The summed E-state index contributed by atoms with van der Waals surface area (Å²) in [6, 6.07) is 5.24. The van der Waals surface area contributed by atoms with E-state index in [9.17, 15) is 9.18 Å². The Balaban J connectivity index is 2.89. The molecule has 1 aromatic carbocycles. The number of carbonyl (C=O) groups is 1. The van der Waals surface area contributed by atoms with Crippen LogP contribution in [0.25, 0.3) is 0 Å². The van der Waals surface area contributed by atoms with Crippen molar-refractivity contribution in [2.45, 2.75) is 6.10 Å². The predicted molar refractivity (Wildman–Crippen MR) is 46.4 cm³/mol. The van der Waals surface area contributed by atoms with Crippen molar-refractivity contribution >= 4 is 5.97 Å². The fraction of sp³-hybridized carbons (Fsp3) is 0.222. The van der Waals surface area contributed by atoms with Gasteiger partial charge in [0.1, 0.15) is 5.82 Å². The Morgan fingerprint density at radius 1 is 1.43 bits per heavy atom. The van der Waals surface area contributed by atoms with E-state index in [0.29, 0.717) is 5.56 Å². The zero-order valence-electron chi connectivity index (χ0n) is 7.57. The van der Waals surface area contributed by atoms with Crippen LogP contribution in [0.5, 0.6) is 0 Å². The number of esters is 1. The van der Waals surface area contributed by atoms with Crippen molar-refractivity contribution in [3.8, 4) is 0 Å². The molecule has 0 spiro atoms. The van der Waals surface area contributed by atoms with Crippen LogP contribution in [0.3, 0.4) is 0 Å². The van der Waals surface area contributed by atoms with Crippen LogP contribution in [0.15, 0.2) is 24.3 Å². The Kier molecular flexibility index (Phi) is 3.55. The summed E-state index contributed by atoms with van der Waals surface area (Å²) >= 11 is 0. The Morgan fingerprint density at radius 3 is 2.43 bits per heavy atom. The lowest BCUT2D eigenvalue weighted by Gasteiger charge is -2.11. The van der Waals surface area contributed by atoms with Gasteiger partial charge in [-0.3, -0.25) is 4.84 Å². The molecule has 14 heavy (non-hydrogen) atoms. The van der Waals surface area contributed by atoms with Gasteiger partial charge in [0.05, 0.1) is 7.11 Å². The maximum atomic E-state index is 12.5. The minimum absolute atomic E-state index is 0.394. The highest BCUT2D eigenvalue weighted by molar-refractivity contribution is 5.76. The van der Waals surface area contributed by atoms with Crippen molar-refractivity contribution < 1.29 is 18.8 Å². The van der Waals surface area contributed by atoms with E-state index in [1.54, 1.807) is 0 Å². The molecule has 0 aliphatic heterocycles. The van der Waals surface area contributed by atoms with Crippen LogP contribution in [-0.4, -0.2) is 13.1 Å². The van der Waals surface area contributed by atoms with Crippen LogP contribution < -0.4 is 5.90 Å². The van der Waals surface area contributed by atoms with Crippen LogP contribution in [0.4, 0.5) is 4.39 Å². The molecule has 76 valence electrons. The number of hydrogen-bond acceptors (Lipinski definition) is 4. The van der Waals surface area contributed by atoms with Gasteiger partial charge in [0, 0.05) is 0 Å². The lowest BCUT2D eigenvalue weighted by atomic mass is 10.1. The monoisotopic (exact) mass is 199 g/mol. The highest BCUT2D eigenvalue weighted by Crippen LogP contribution is 2.17. The van der Waals surface area contributed by atoms with E-state index in [1.165, 1.54) is 31.4 Å². The third-order valence-electron chi connectivity index (χ3n) is 1.72. The first kappa shape index (κ1) is 10.6. The molecule has 0 amide bonds. The molecule has 0 aromatic heterocycles. The number of halogens is 1. The molecule has 2 N–H and O–H groups in total. The fourth-order valence-corrected chi connectivity index (χ4v) is 1.01. The highest BCUT2D eigenvalue weighted by Gasteiger charge is 2.21. The van der Waals surface area contributed by atoms with Crippen molar-refractivity contribution in [1.29, 1.82) is 0 Å². The second-order valence-electron chi connectivity index (χ2n) is 2.59. The van der Waals surface area contributed by atoms with Gasteiger partial charge in [-0.2, -0.15) is 0 Å². The number of carbonyl (C=O) groups excluding carboxylic acids is 1. The first-order chi connectivity index (χ1) is 6.69. The number of benzene rings is 1. The van der Waals surface area contributed by atoms with Crippen molar-refractivity contribution in [3.05, 3.63) is 35.6 Å². The van der Waals surface area contributed by atoms with Crippen molar-refractivity contribution in [3.63, 3.8) is 0 Å². The van der Waals surface area contributed by atoms with E-state index in [4.69, 9.17) is 5.90 Å². The average Bonchev–Trinajstić information content (AvgIpc) is 2.21. The molecule has 0 aliphatic carbocycles. The maximum absolute atomic E-state index is 12.5. The first-order valence-corrected chi connectivity index (χ1v) is 3.88. The van der Waals surface area contributed by atoms with Gasteiger partial charge in [0.25, 0.3) is 0 Å². The molecule has 1 rings (SSSR count). The molecular formula is C9H10FNO3. The molecule has 0 saturated heterocycles. The van der Waals surface area contributed by atoms with Gasteiger partial charge < -0.3 is 4.74 Å². The summed E-state index contributed by atoms with van der Waals surface area (Å²) in [5, 5.41) is 0. The highest BCUT2D eigenvalue weighted by atomic mass is 19.1. The van der Waals surface area contributed by atoms with Gasteiger partial charge in [-0.25, -0.2) is 15.1 Å². The normalized spacial score (nSPS) is 12.2. The average molecular weight is 199 g/mol. The summed E-state index contributed by atoms with van der Waals surface area (Å²) < 4.78 is 17.0. The SMILES string of the molecule is COC(=O)C(ON)c1ccc(F)cc1. The fourth-order valence-electron chi connectivity index (χ4n) is 1.01. The summed E-state index contributed by atoms with van der Waals surface area (Å²) in [4.78, 5) is 15.5. The largest absolute Gasteiger partial charge is 0.467 e. The molecule has 0 bridgehead atoms. The second kappa shape index (κ2) is 4.69. The van der Waals surface area contributed by atoms with Gasteiger partial charge in [0.15, 0.2) is 0 Å². The Hall–Kier alpha value is -1.46. The standard InChI is InChI=1S/C9H10FNO3/c1-13-9(12)8(14-11)6-2-4-7(10)5-3-6/h2-5,8H,11H2,1H3. The first-order valence-electron chi connectivity index (χ1n) is 3.88. The minimum Gasteiger partial charge on any atom is -0.467 e. The minimum atomic E-state index is -1.01. The summed E-state index contributed by atoms with van der Waals surface area (Å²) in [6.45, 7) is 0. The molecule has 5 heteroatoms. The molecule has 1 atom stereocenters. The van der Waals surface area contributed by atoms with E-state index >= 15 is 0 Å². The molecule has 0 heterocycles. The lowest BCUT2D eigenvalue weighted by Crippen LogP contribution is -2.20. The van der Waals surface area contributed by atoms with Crippen LogP contribution in [0, 0.1) is 5.82 Å². The van der Waals surface area contributed by atoms with Crippen molar-refractivity contribution in [1.82, 2.24) is 0 Å². The van der Waals surface area contributed by atoms with E-state index in [2.05, 4.69) is 9.57 Å². The summed E-state index contributed by atoms with van der Waals surface area (Å²) in [7, 11) is 1.22. The molecule has 1 aromatic rings. The third kappa shape index (κ3) is 2.27. The molecular weight excluding hydrogens is 189 g/mol. The number of nitrogens with two attached hydrogens (primary N) is 1. The van der Waals surface area contributed by atoms with Crippen molar-refractivity contribution in [2.75, 3.05) is 7.11 Å². The topological polar surface area (TPSA) is 61.5 Å². The van der Waals surface area contributed by atoms with E-state index in [-0.39, 0.29) is 0 Å². The number of rotatable bonds is 3. The lowest BCUT2D eigenvalue weighted by molar-refractivity contribution is -0.155. The van der Waals surface area contributed by atoms with Crippen LogP contribution in [-0.2, 0) is 14.4 Å². The van der Waals surface area contributed by atoms with E-state index < -0.39 is 17.9 Å². The Morgan fingerprint density at radius 2 is 2.00 bits per heavy atom. The van der Waals surface area contributed by atoms with Crippen LogP contribution >= 0.6 is 0 Å². The zero-order chi connectivity index (χ0) is 10.6. The summed E-state index contributed by atoms with van der Waals surface area (Å²) in [6.07, 6.45) is -1.01.